The minimum absolute atomic E-state index is 0.334. The van der Waals surface area contributed by atoms with E-state index in [-0.39, 0.29) is 0 Å². The van der Waals surface area contributed by atoms with Crippen LogP contribution in [0.3, 0.4) is 0 Å². The van der Waals surface area contributed by atoms with Crippen molar-refractivity contribution in [2.24, 2.45) is 15.9 Å². The lowest BCUT2D eigenvalue weighted by Crippen LogP contribution is -2.10. The molecule has 0 saturated carbocycles. The predicted molar refractivity (Wildman–Crippen MR) is 102 cm³/mol. The van der Waals surface area contributed by atoms with Gasteiger partial charge in [-0.1, -0.05) is 52.3 Å². The molecule has 0 N–H and O–H groups in total. The number of benzene rings is 2. The highest BCUT2D eigenvalue weighted by atomic mass is 79.9. The average molecular weight is 367 g/mol. The highest BCUT2D eigenvalue weighted by molar-refractivity contribution is 9.11. The number of nitrogens with zero attached hydrogens (tertiary/aromatic N) is 2. The van der Waals surface area contributed by atoms with E-state index in [2.05, 4.69) is 32.1 Å². The van der Waals surface area contributed by atoms with Crippen LogP contribution in [-0.2, 0) is 0 Å². The third-order valence-electron chi connectivity index (χ3n) is 3.88. The average Bonchev–Trinajstić information content (AvgIpc) is 2.61. The van der Waals surface area contributed by atoms with Gasteiger partial charge in [-0.2, -0.15) is 0 Å². The van der Waals surface area contributed by atoms with Gasteiger partial charge in [-0.3, -0.25) is 9.98 Å². The molecule has 1 atom stereocenters. The van der Waals surface area contributed by atoms with Gasteiger partial charge in [0.1, 0.15) is 0 Å². The summed E-state index contributed by atoms with van der Waals surface area (Å²) in [7, 11) is 0. The van der Waals surface area contributed by atoms with E-state index >= 15 is 0 Å². The topological polar surface area (TPSA) is 24.7 Å². The van der Waals surface area contributed by atoms with E-state index in [1.165, 1.54) is 10.1 Å². The Kier molecular flexibility index (Phi) is 5.54. The second-order valence-electron chi connectivity index (χ2n) is 5.58. The van der Waals surface area contributed by atoms with Gasteiger partial charge >= 0.3 is 0 Å². The van der Waals surface area contributed by atoms with Crippen molar-refractivity contribution in [2.45, 2.75) is 19.3 Å². The minimum Gasteiger partial charge on any atom is -0.261 e. The van der Waals surface area contributed by atoms with Gasteiger partial charge in [-0.25, -0.2) is 0 Å². The Bertz CT molecular complexity index is 718. The maximum Gasteiger partial charge on any atom is 0.0629 e. The molecule has 0 saturated heterocycles. The zero-order valence-electron chi connectivity index (χ0n) is 12.9. The normalized spacial score (nSPS) is 18.9. The largest absolute Gasteiger partial charge is 0.261 e. The van der Waals surface area contributed by atoms with Crippen LogP contribution in [0.5, 0.6) is 0 Å². The second kappa shape index (κ2) is 8.02. The SMILES string of the molecule is BrC1=C(C=Nc2ccccc2)CCCC1C=Nc1ccccc1. The van der Waals surface area contributed by atoms with Crippen LogP contribution in [0.15, 0.2) is 80.7 Å². The van der Waals surface area contributed by atoms with Gasteiger partial charge in [-0.15, -0.1) is 0 Å². The molecule has 116 valence electrons. The van der Waals surface area contributed by atoms with Crippen molar-refractivity contribution >= 4 is 39.7 Å². The molecule has 1 aliphatic rings. The van der Waals surface area contributed by atoms with E-state index in [1.807, 2.05) is 66.9 Å². The van der Waals surface area contributed by atoms with Crippen molar-refractivity contribution in [1.29, 1.82) is 0 Å². The molecule has 0 heterocycles. The molecule has 2 aromatic rings. The number of hydrogen-bond donors (Lipinski definition) is 0. The fourth-order valence-electron chi connectivity index (χ4n) is 2.62. The summed E-state index contributed by atoms with van der Waals surface area (Å²) < 4.78 is 1.21. The lowest BCUT2D eigenvalue weighted by molar-refractivity contribution is 0.648. The quantitative estimate of drug-likeness (QED) is 0.572. The summed E-state index contributed by atoms with van der Waals surface area (Å²) in [6.07, 6.45) is 7.39. The molecule has 0 aliphatic heterocycles. The minimum atomic E-state index is 0.334. The molecule has 23 heavy (non-hydrogen) atoms. The van der Waals surface area contributed by atoms with Crippen LogP contribution in [-0.4, -0.2) is 12.4 Å². The highest BCUT2D eigenvalue weighted by Crippen LogP contribution is 2.33. The molecule has 2 aromatic carbocycles. The first-order valence-electron chi connectivity index (χ1n) is 7.90. The maximum absolute atomic E-state index is 4.60. The molecule has 0 radical (unpaired) electrons. The molecule has 3 heteroatoms. The number of rotatable bonds is 4. The Balaban J connectivity index is 1.75. The summed E-state index contributed by atoms with van der Waals surface area (Å²) in [5.41, 5.74) is 3.25. The zero-order chi connectivity index (χ0) is 15.9. The van der Waals surface area contributed by atoms with Crippen LogP contribution in [0.2, 0.25) is 0 Å². The summed E-state index contributed by atoms with van der Waals surface area (Å²) in [5.74, 6) is 0.334. The van der Waals surface area contributed by atoms with E-state index in [9.17, 15) is 0 Å². The number of halogens is 1. The third kappa shape index (κ3) is 4.49. The molecule has 0 amide bonds. The van der Waals surface area contributed by atoms with Crippen molar-refractivity contribution in [2.75, 3.05) is 0 Å². The molecule has 3 rings (SSSR count). The van der Waals surface area contributed by atoms with Crippen molar-refractivity contribution in [1.82, 2.24) is 0 Å². The zero-order valence-corrected chi connectivity index (χ0v) is 14.5. The van der Waals surface area contributed by atoms with Crippen molar-refractivity contribution in [3.8, 4) is 0 Å². The van der Waals surface area contributed by atoms with Gasteiger partial charge in [-0.05, 0) is 49.1 Å². The molecule has 0 spiro atoms. The van der Waals surface area contributed by atoms with Crippen LogP contribution in [0.25, 0.3) is 0 Å². The molecular weight excluding hydrogens is 348 g/mol. The van der Waals surface area contributed by atoms with Crippen molar-refractivity contribution in [3.05, 3.63) is 70.7 Å². The lowest BCUT2D eigenvalue weighted by atomic mass is 9.91. The number of hydrogen-bond acceptors (Lipinski definition) is 2. The first-order valence-corrected chi connectivity index (χ1v) is 8.69. The molecule has 1 unspecified atom stereocenters. The molecule has 2 nitrogen and oxygen atoms in total. The maximum atomic E-state index is 4.60. The Hall–Kier alpha value is -2.00. The van der Waals surface area contributed by atoms with Crippen LogP contribution < -0.4 is 0 Å². The summed E-state index contributed by atoms with van der Waals surface area (Å²) >= 11 is 3.77. The van der Waals surface area contributed by atoms with Crippen molar-refractivity contribution in [3.63, 3.8) is 0 Å². The number of allylic oxidation sites excluding steroid dienone is 2. The third-order valence-corrected chi connectivity index (χ3v) is 4.98. The fourth-order valence-corrected chi connectivity index (χ4v) is 3.27. The first kappa shape index (κ1) is 15.9. The smallest absolute Gasteiger partial charge is 0.0629 e. The van der Waals surface area contributed by atoms with Crippen LogP contribution in [0.1, 0.15) is 19.3 Å². The second-order valence-corrected chi connectivity index (χ2v) is 6.43. The van der Waals surface area contributed by atoms with E-state index in [0.29, 0.717) is 5.92 Å². The summed E-state index contributed by atoms with van der Waals surface area (Å²) in [6.45, 7) is 0. The van der Waals surface area contributed by atoms with E-state index in [1.54, 1.807) is 0 Å². The van der Waals surface area contributed by atoms with Gasteiger partial charge in [0, 0.05) is 22.8 Å². The molecule has 0 bridgehead atoms. The molecular formula is C20H19BrN2. The van der Waals surface area contributed by atoms with Crippen LogP contribution in [0, 0.1) is 5.92 Å². The van der Waals surface area contributed by atoms with Crippen LogP contribution in [0.4, 0.5) is 11.4 Å². The Labute approximate surface area is 145 Å². The van der Waals surface area contributed by atoms with Gasteiger partial charge in [0.15, 0.2) is 0 Å². The monoisotopic (exact) mass is 366 g/mol. The van der Waals surface area contributed by atoms with Gasteiger partial charge in [0.2, 0.25) is 0 Å². The van der Waals surface area contributed by atoms with Crippen LogP contribution >= 0.6 is 15.9 Å². The molecule has 0 aromatic heterocycles. The fraction of sp³-hybridized carbons (Fsp3) is 0.200. The number of aliphatic imine (C=N–C) groups is 2. The van der Waals surface area contributed by atoms with E-state index in [0.717, 1.165) is 30.6 Å². The molecule has 1 aliphatic carbocycles. The standard InChI is InChI=1S/C20H19BrN2/c21-20-16(14-22-18-10-3-1-4-11-18)8-7-9-17(20)15-23-19-12-5-2-6-13-19/h1-6,10-16H,7-9H2. The Morgan fingerprint density at radius 2 is 1.48 bits per heavy atom. The van der Waals surface area contributed by atoms with E-state index in [4.69, 9.17) is 0 Å². The van der Waals surface area contributed by atoms with Gasteiger partial charge in [0.05, 0.1) is 11.4 Å². The van der Waals surface area contributed by atoms with Crippen molar-refractivity contribution < 1.29 is 0 Å². The Morgan fingerprint density at radius 1 is 0.870 bits per heavy atom. The predicted octanol–water partition coefficient (Wildman–Crippen LogP) is 6.24. The summed E-state index contributed by atoms with van der Waals surface area (Å²) in [6, 6.07) is 20.1. The van der Waals surface area contributed by atoms with E-state index < -0.39 is 0 Å². The first-order chi connectivity index (χ1) is 11.3. The van der Waals surface area contributed by atoms with Gasteiger partial charge in [0.25, 0.3) is 0 Å². The summed E-state index contributed by atoms with van der Waals surface area (Å²) in [5, 5.41) is 0. The Morgan fingerprint density at radius 3 is 2.13 bits per heavy atom. The molecule has 0 fully saturated rings. The van der Waals surface area contributed by atoms with Gasteiger partial charge < -0.3 is 0 Å². The highest BCUT2D eigenvalue weighted by Gasteiger charge is 2.18. The lowest BCUT2D eigenvalue weighted by Gasteiger charge is -2.20. The summed E-state index contributed by atoms with van der Waals surface area (Å²) in [4.78, 5) is 9.18. The number of para-hydroxylation sites is 2.